The highest BCUT2D eigenvalue weighted by Gasteiger charge is 2.45. The van der Waals surface area contributed by atoms with Crippen LogP contribution in [0.2, 0.25) is 0 Å². The Morgan fingerprint density at radius 2 is 1.84 bits per heavy atom. The number of thiophene rings is 1. The lowest BCUT2D eigenvalue weighted by atomic mass is 9.78. The molecule has 1 amide bonds. The van der Waals surface area contributed by atoms with Gasteiger partial charge in [-0.3, -0.25) is 4.79 Å². The molecule has 0 N–H and O–H groups in total. The molecule has 2 fully saturated rings. The van der Waals surface area contributed by atoms with Gasteiger partial charge in [0, 0.05) is 32.2 Å². The second kappa shape index (κ2) is 7.82. The van der Waals surface area contributed by atoms with Gasteiger partial charge in [0.25, 0.3) is 15.9 Å². The van der Waals surface area contributed by atoms with Crippen molar-refractivity contribution in [2.75, 3.05) is 26.2 Å². The molecule has 170 valence electrons. The van der Waals surface area contributed by atoms with Gasteiger partial charge in [-0.15, -0.1) is 11.3 Å². The first kappa shape index (κ1) is 21.4. The van der Waals surface area contributed by atoms with Gasteiger partial charge in [-0.05, 0) is 50.7 Å². The number of hydrogen-bond donors (Lipinski definition) is 0. The standard InChI is InChI=1S/C21H24N4O5S2/c1-14-19(15(2)30-22-14)20(26)24-9-6-21(7-10-24)8-11-25(13-21)32(27,28)18-4-3-17(31-18)16-5-12-29-23-16/h3-5,12H,6-11,13H2,1-2H3. The van der Waals surface area contributed by atoms with E-state index in [0.29, 0.717) is 53.1 Å². The molecule has 5 heterocycles. The van der Waals surface area contributed by atoms with Crippen LogP contribution in [0.5, 0.6) is 0 Å². The maximum Gasteiger partial charge on any atom is 0.259 e. The van der Waals surface area contributed by atoms with Crippen molar-refractivity contribution in [1.82, 2.24) is 19.5 Å². The van der Waals surface area contributed by atoms with Gasteiger partial charge < -0.3 is 13.9 Å². The molecular weight excluding hydrogens is 452 g/mol. The number of hydrogen-bond acceptors (Lipinski definition) is 8. The smallest absolute Gasteiger partial charge is 0.259 e. The number of likely N-dealkylation sites (tertiary alicyclic amines) is 1. The van der Waals surface area contributed by atoms with E-state index in [1.54, 1.807) is 36.4 Å². The molecule has 0 atom stereocenters. The summed E-state index contributed by atoms with van der Waals surface area (Å²) >= 11 is 1.21. The van der Waals surface area contributed by atoms with Crippen molar-refractivity contribution >= 4 is 27.3 Å². The van der Waals surface area contributed by atoms with Gasteiger partial charge in [0.2, 0.25) is 0 Å². The molecule has 2 saturated heterocycles. The fourth-order valence-electron chi connectivity index (χ4n) is 4.70. The number of aryl methyl sites for hydroxylation is 2. The van der Waals surface area contributed by atoms with E-state index < -0.39 is 10.0 Å². The maximum absolute atomic E-state index is 13.3. The van der Waals surface area contributed by atoms with E-state index in [1.807, 2.05) is 4.90 Å². The summed E-state index contributed by atoms with van der Waals surface area (Å²) < 4.78 is 38.4. The molecular formula is C21H24N4O5S2. The van der Waals surface area contributed by atoms with Gasteiger partial charge in [0.15, 0.2) is 0 Å². The zero-order chi connectivity index (χ0) is 22.5. The molecule has 2 aliphatic rings. The lowest BCUT2D eigenvalue weighted by Crippen LogP contribution is -2.44. The minimum atomic E-state index is -3.57. The van der Waals surface area contributed by atoms with Gasteiger partial charge in [-0.25, -0.2) is 8.42 Å². The topological polar surface area (TPSA) is 110 Å². The highest BCUT2D eigenvalue weighted by Crippen LogP contribution is 2.43. The predicted molar refractivity (Wildman–Crippen MR) is 117 cm³/mol. The molecule has 1 spiro atoms. The Bertz CT molecular complexity index is 1220. The summed E-state index contributed by atoms with van der Waals surface area (Å²) in [4.78, 5) is 15.5. The molecule has 32 heavy (non-hydrogen) atoms. The van der Waals surface area contributed by atoms with Crippen LogP contribution in [0.4, 0.5) is 0 Å². The highest BCUT2D eigenvalue weighted by atomic mass is 32.2. The van der Waals surface area contributed by atoms with E-state index in [-0.39, 0.29) is 11.3 Å². The lowest BCUT2D eigenvalue weighted by Gasteiger charge is -2.39. The largest absolute Gasteiger partial charge is 0.364 e. The SMILES string of the molecule is Cc1noc(C)c1C(=O)N1CCC2(CC1)CCN(S(=O)(=O)c1ccc(-c3ccon3)s1)C2. The number of carbonyl (C=O) groups excluding carboxylic acids is 1. The number of piperidine rings is 1. The zero-order valence-electron chi connectivity index (χ0n) is 17.9. The number of carbonyl (C=O) groups is 1. The second-order valence-corrected chi connectivity index (χ2v) is 11.8. The third kappa shape index (κ3) is 3.57. The molecule has 3 aromatic heterocycles. The summed E-state index contributed by atoms with van der Waals surface area (Å²) in [6.45, 7) is 5.71. The molecule has 11 heteroatoms. The third-order valence-corrected chi connectivity index (χ3v) is 10.0. The van der Waals surface area contributed by atoms with Crippen molar-refractivity contribution in [2.24, 2.45) is 5.41 Å². The molecule has 0 radical (unpaired) electrons. The molecule has 0 aliphatic carbocycles. The Morgan fingerprint density at radius 1 is 1.09 bits per heavy atom. The molecule has 0 aromatic carbocycles. The minimum Gasteiger partial charge on any atom is -0.364 e. The van der Waals surface area contributed by atoms with Crippen LogP contribution in [-0.2, 0) is 10.0 Å². The average Bonchev–Trinajstić information content (AvgIpc) is 3.56. The summed E-state index contributed by atoms with van der Waals surface area (Å²) in [5.41, 5.74) is 1.68. The van der Waals surface area contributed by atoms with Crippen LogP contribution in [0.25, 0.3) is 10.6 Å². The first-order valence-corrected chi connectivity index (χ1v) is 12.8. The van der Waals surface area contributed by atoms with Crippen LogP contribution in [0, 0.1) is 19.3 Å². The van der Waals surface area contributed by atoms with Crippen molar-refractivity contribution in [3.8, 4) is 10.6 Å². The lowest BCUT2D eigenvalue weighted by molar-refractivity contribution is 0.0597. The van der Waals surface area contributed by atoms with E-state index in [0.717, 1.165) is 24.1 Å². The van der Waals surface area contributed by atoms with Crippen molar-refractivity contribution in [2.45, 2.75) is 37.3 Å². The number of nitrogens with zero attached hydrogens (tertiary/aromatic N) is 4. The molecule has 2 aliphatic heterocycles. The normalized spacial score (nSPS) is 19.1. The number of amides is 1. The van der Waals surface area contributed by atoms with Gasteiger partial charge in [0.1, 0.15) is 27.5 Å². The number of rotatable bonds is 4. The Kier molecular flexibility index (Phi) is 5.22. The highest BCUT2D eigenvalue weighted by molar-refractivity contribution is 7.91. The van der Waals surface area contributed by atoms with Crippen LogP contribution >= 0.6 is 11.3 Å². The molecule has 0 unspecified atom stereocenters. The van der Waals surface area contributed by atoms with Crippen LogP contribution < -0.4 is 0 Å². The van der Waals surface area contributed by atoms with Crippen LogP contribution in [-0.4, -0.2) is 60.0 Å². The Balaban J connectivity index is 1.26. The second-order valence-electron chi connectivity index (χ2n) is 8.58. The maximum atomic E-state index is 13.3. The summed E-state index contributed by atoms with van der Waals surface area (Å²) in [6, 6.07) is 5.12. The molecule has 5 rings (SSSR count). The first-order chi connectivity index (χ1) is 15.3. The molecule has 9 nitrogen and oxygen atoms in total. The van der Waals surface area contributed by atoms with Crippen molar-refractivity contribution in [3.05, 3.63) is 41.5 Å². The van der Waals surface area contributed by atoms with Crippen LogP contribution in [0.15, 0.2) is 37.7 Å². The third-order valence-electron chi connectivity index (χ3n) is 6.63. The van der Waals surface area contributed by atoms with Gasteiger partial charge in [-0.1, -0.05) is 10.3 Å². The fraction of sp³-hybridized carbons (Fsp3) is 0.476. The Hall–Kier alpha value is -2.50. The van der Waals surface area contributed by atoms with Gasteiger partial charge in [-0.2, -0.15) is 4.31 Å². The summed E-state index contributed by atoms with van der Waals surface area (Å²) in [7, 11) is -3.57. The summed E-state index contributed by atoms with van der Waals surface area (Å²) in [5.74, 6) is 0.476. The van der Waals surface area contributed by atoms with Crippen molar-refractivity contribution in [3.63, 3.8) is 0 Å². The Morgan fingerprint density at radius 3 is 2.50 bits per heavy atom. The van der Waals surface area contributed by atoms with Crippen LogP contribution in [0.1, 0.15) is 41.1 Å². The van der Waals surface area contributed by atoms with E-state index >= 15 is 0 Å². The van der Waals surface area contributed by atoms with Gasteiger partial charge in [0.05, 0.1) is 10.6 Å². The number of aromatic nitrogens is 2. The minimum absolute atomic E-state index is 0.0578. The molecule has 3 aromatic rings. The Labute approximate surface area is 190 Å². The van der Waals surface area contributed by atoms with Crippen molar-refractivity contribution < 1.29 is 22.3 Å². The fourth-order valence-corrected chi connectivity index (χ4v) is 7.68. The van der Waals surface area contributed by atoms with Crippen LogP contribution in [0.3, 0.4) is 0 Å². The molecule has 0 bridgehead atoms. The summed E-state index contributed by atoms with van der Waals surface area (Å²) in [5, 5.41) is 7.77. The van der Waals surface area contributed by atoms with E-state index in [4.69, 9.17) is 9.05 Å². The monoisotopic (exact) mass is 476 g/mol. The first-order valence-electron chi connectivity index (χ1n) is 10.5. The van der Waals surface area contributed by atoms with E-state index in [9.17, 15) is 13.2 Å². The van der Waals surface area contributed by atoms with E-state index in [2.05, 4.69) is 10.3 Å². The predicted octanol–water partition coefficient (Wildman–Crippen LogP) is 3.32. The van der Waals surface area contributed by atoms with Gasteiger partial charge >= 0.3 is 0 Å². The number of sulfonamides is 1. The summed E-state index contributed by atoms with van der Waals surface area (Å²) in [6.07, 6.45) is 3.84. The quantitative estimate of drug-likeness (QED) is 0.568. The molecule has 0 saturated carbocycles. The van der Waals surface area contributed by atoms with Crippen molar-refractivity contribution in [1.29, 1.82) is 0 Å². The zero-order valence-corrected chi connectivity index (χ0v) is 19.5. The van der Waals surface area contributed by atoms with E-state index in [1.165, 1.54) is 17.6 Å². The average molecular weight is 477 g/mol.